The second-order valence-electron chi connectivity index (χ2n) is 4.69. The molecular weight excluding hydrogens is 248 g/mol. The summed E-state index contributed by atoms with van der Waals surface area (Å²) >= 11 is 0. The minimum Gasteiger partial charge on any atom is -0.496 e. The van der Waals surface area contributed by atoms with Gasteiger partial charge in [0.1, 0.15) is 5.75 Å². The smallest absolute Gasteiger partial charge is 0.121 e. The zero-order chi connectivity index (χ0) is 13.9. The molecule has 0 saturated heterocycles. The molecule has 3 rings (SSSR count). The summed E-state index contributed by atoms with van der Waals surface area (Å²) in [4.78, 5) is 4.37. The van der Waals surface area contributed by atoms with E-state index in [-0.39, 0.29) is 0 Å². The largest absolute Gasteiger partial charge is 0.496 e. The van der Waals surface area contributed by atoms with E-state index in [1.54, 1.807) is 7.11 Å². The number of nitrogens with zero attached hydrogens (tertiary/aromatic N) is 1. The highest BCUT2D eigenvalue weighted by molar-refractivity contribution is 5.92. The molecule has 1 N–H and O–H groups in total. The maximum atomic E-state index is 5.28. The first-order chi connectivity index (χ1) is 9.78. The third-order valence-electron chi connectivity index (χ3n) is 3.32. The van der Waals surface area contributed by atoms with E-state index in [0.29, 0.717) is 0 Å². The minimum absolute atomic E-state index is 0.898. The van der Waals surface area contributed by atoms with Crippen molar-refractivity contribution in [2.45, 2.75) is 6.92 Å². The Morgan fingerprint density at radius 1 is 1.05 bits per heavy atom. The van der Waals surface area contributed by atoms with Crippen LogP contribution < -0.4 is 10.1 Å². The number of fused-ring (bicyclic) bond motifs is 1. The average Bonchev–Trinajstić information content (AvgIpc) is 2.48. The van der Waals surface area contributed by atoms with Crippen LogP contribution in [-0.2, 0) is 0 Å². The molecule has 2 aromatic carbocycles. The number of ether oxygens (including phenoxy) is 1. The number of rotatable bonds is 3. The summed E-state index contributed by atoms with van der Waals surface area (Å²) in [6.45, 7) is 2.04. The summed E-state index contributed by atoms with van der Waals surface area (Å²) in [6.07, 6.45) is 1.82. The van der Waals surface area contributed by atoms with E-state index in [1.165, 1.54) is 0 Å². The van der Waals surface area contributed by atoms with E-state index in [1.807, 2.05) is 49.5 Å². The lowest BCUT2D eigenvalue weighted by atomic mass is 10.1. The molecule has 20 heavy (non-hydrogen) atoms. The van der Waals surface area contributed by atoms with E-state index >= 15 is 0 Å². The molecule has 0 aliphatic carbocycles. The standard InChI is InChI=1S/C17H16N2O/c1-12-11-13(7-8-17(12)20-2)19-16-9-10-18-15-6-4-3-5-14(15)16/h3-11H,1-2H3,(H,18,19). The van der Waals surface area contributed by atoms with Crippen molar-refractivity contribution < 1.29 is 4.74 Å². The Hall–Kier alpha value is -2.55. The van der Waals surface area contributed by atoms with Crippen LogP contribution in [0.5, 0.6) is 5.75 Å². The Balaban J connectivity index is 1.99. The highest BCUT2D eigenvalue weighted by Crippen LogP contribution is 2.27. The number of pyridine rings is 1. The summed E-state index contributed by atoms with van der Waals surface area (Å²) < 4.78 is 5.28. The zero-order valence-electron chi connectivity index (χ0n) is 11.6. The molecule has 0 amide bonds. The van der Waals surface area contributed by atoms with E-state index in [2.05, 4.69) is 22.4 Å². The first-order valence-corrected chi connectivity index (χ1v) is 6.53. The van der Waals surface area contributed by atoms with Gasteiger partial charge >= 0.3 is 0 Å². The van der Waals surface area contributed by atoms with Gasteiger partial charge in [-0.25, -0.2) is 0 Å². The fraction of sp³-hybridized carbons (Fsp3) is 0.118. The van der Waals surface area contributed by atoms with Crippen LogP contribution in [-0.4, -0.2) is 12.1 Å². The highest BCUT2D eigenvalue weighted by Gasteiger charge is 2.03. The lowest BCUT2D eigenvalue weighted by molar-refractivity contribution is 0.412. The van der Waals surface area contributed by atoms with Gasteiger partial charge in [0.25, 0.3) is 0 Å². The fourth-order valence-corrected chi connectivity index (χ4v) is 2.32. The Morgan fingerprint density at radius 2 is 1.90 bits per heavy atom. The van der Waals surface area contributed by atoms with Crippen molar-refractivity contribution >= 4 is 22.3 Å². The van der Waals surface area contributed by atoms with Gasteiger partial charge in [0.05, 0.1) is 12.6 Å². The number of anilines is 2. The molecule has 0 atom stereocenters. The van der Waals surface area contributed by atoms with Crippen molar-refractivity contribution in [1.29, 1.82) is 0 Å². The van der Waals surface area contributed by atoms with Crippen LogP contribution in [0.1, 0.15) is 5.56 Å². The summed E-state index contributed by atoms with van der Waals surface area (Å²) in [5.41, 5.74) is 4.19. The molecule has 1 aromatic heterocycles. The molecule has 0 spiro atoms. The van der Waals surface area contributed by atoms with Crippen molar-refractivity contribution in [1.82, 2.24) is 4.98 Å². The van der Waals surface area contributed by atoms with Gasteiger partial charge in [-0.1, -0.05) is 18.2 Å². The molecular formula is C17H16N2O. The van der Waals surface area contributed by atoms with Gasteiger partial charge in [-0.3, -0.25) is 4.98 Å². The normalized spacial score (nSPS) is 10.5. The highest BCUT2D eigenvalue weighted by atomic mass is 16.5. The number of benzene rings is 2. The summed E-state index contributed by atoms with van der Waals surface area (Å²) in [7, 11) is 1.69. The van der Waals surface area contributed by atoms with Crippen LogP contribution in [0.3, 0.4) is 0 Å². The quantitative estimate of drug-likeness (QED) is 0.766. The molecule has 3 aromatic rings. The van der Waals surface area contributed by atoms with Crippen molar-refractivity contribution in [2.75, 3.05) is 12.4 Å². The van der Waals surface area contributed by atoms with E-state index in [0.717, 1.165) is 33.6 Å². The van der Waals surface area contributed by atoms with Gasteiger partial charge in [-0.2, -0.15) is 0 Å². The molecule has 0 aliphatic heterocycles. The van der Waals surface area contributed by atoms with Crippen LogP contribution in [0.2, 0.25) is 0 Å². The third kappa shape index (κ3) is 2.30. The molecule has 3 nitrogen and oxygen atoms in total. The van der Waals surface area contributed by atoms with Gasteiger partial charge in [0.15, 0.2) is 0 Å². The summed E-state index contributed by atoms with van der Waals surface area (Å²) in [5.74, 6) is 0.898. The SMILES string of the molecule is COc1ccc(Nc2ccnc3ccccc23)cc1C. The maximum Gasteiger partial charge on any atom is 0.121 e. The number of para-hydroxylation sites is 1. The Bertz CT molecular complexity index is 748. The number of hydrogen-bond donors (Lipinski definition) is 1. The van der Waals surface area contributed by atoms with Crippen molar-refractivity contribution in [3.8, 4) is 5.75 Å². The second kappa shape index (κ2) is 5.21. The Kier molecular flexibility index (Phi) is 3.25. The molecule has 0 saturated carbocycles. The van der Waals surface area contributed by atoms with E-state index in [9.17, 15) is 0 Å². The van der Waals surface area contributed by atoms with Crippen LogP contribution in [0.25, 0.3) is 10.9 Å². The number of aryl methyl sites for hydroxylation is 1. The summed E-state index contributed by atoms with van der Waals surface area (Å²) in [5, 5.41) is 4.56. The minimum atomic E-state index is 0.898. The monoisotopic (exact) mass is 264 g/mol. The fourth-order valence-electron chi connectivity index (χ4n) is 2.32. The topological polar surface area (TPSA) is 34.1 Å². The van der Waals surface area contributed by atoms with Crippen molar-refractivity contribution in [3.63, 3.8) is 0 Å². The molecule has 0 fully saturated rings. The van der Waals surface area contributed by atoms with Crippen molar-refractivity contribution in [2.24, 2.45) is 0 Å². The van der Waals surface area contributed by atoms with Gasteiger partial charge in [-0.15, -0.1) is 0 Å². The third-order valence-corrected chi connectivity index (χ3v) is 3.32. The first-order valence-electron chi connectivity index (χ1n) is 6.53. The molecule has 3 heteroatoms. The van der Waals surface area contributed by atoms with Gasteiger partial charge in [0.2, 0.25) is 0 Å². The molecule has 0 radical (unpaired) electrons. The van der Waals surface area contributed by atoms with E-state index < -0.39 is 0 Å². The molecule has 100 valence electrons. The zero-order valence-corrected chi connectivity index (χ0v) is 11.6. The first kappa shape index (κ1) is 12.5. The van der Waals surface area contributed by atoms with E-state index in [4.69, 9.17) is 4.74 Å². The van der Waals surface area contributed by atoms with Gasteiger partial charge in [0, 0.05) is 23.0 Å². The van der Waals surface area contributed by atoms with Gasteiger partial charge < -0.3 is 10.1 Å². The lowest BCUT2D eigenvalue weighted by Gasteiger charge is -2.11. The summed E-state index contributed by atoms with van der Waals surface area (Å²) in [6, 6.07) is 16.2. The Morgan fingerprint density at radius 3 is 2.70 bits per heavy atom. The molecule has 0 bridgehead atoms. The van der Waals surface area contributed by atoms with Crippen LogP contribution in [0.15, 0.2) is 54.7 Å². The average molecular weight is 264 g/mol. The second-order valence-corrected chi connectivity index (χ2v) is 4.69. The predicted octanol–water partition coefficient (Wildman–Crippen LogP) is 4.30. The number of hydrogen-bond acceptors (Lipinski definition) is 3. The van der Waals surface area contributed by atoms with Crippen molar-refractivity contribution in [3.05, 3.63) is 60.3 Å². The molecule has 0 aliphatic rings. The maximum absolute atomic E-state index is 5.28. The lowest BCUT2D eigenvalue weighted by Crippen LogP contribution is -1.94. The Labute approximate surface area is 118 Å². The van der Waals surface area contributed by atoms with Gasteiger partial charge in [-0.05, 0) is 42.8 Å². The number of aromatic nitrogens is 1. The molecule has 1 heterocycles. The number of nitrogens with one attached hydrogen (secondary N) is 1. The van der Waals surface area contributed by atoms with Crippen LogP contribution in [0.4, 0.5) is 11.4 Å². The van der Waals surface area contributed by atoms with Crippen LogP contribution >= 0.6 is 0 Å². The number of methoxy groups -OCH3 is 1. The predicted molar refractivity (Wildman–Crippen MR) is 82.8 cm³/mol. The molecule has 0 unspecified atom stereocenters. The van der Waals surface area contributed by atoms with Crippen LogP contribution in [0, 0.1) is 6.92 Å².